The fraction of sp³-hybridized carbons (Fsp3) is 0.429. The van der Waals surface area contributed by atoms with E-state index in [1.165, 1.54) is 11.3 Å². The van der Waals surface area contributed by atoms with Crippen LogP contribution in [-0.4, -0.2) is 24.9 Å². The van der Waals surface area contributed by atoms with E-state index in [0.29, 0.717) is 5.82 Å². The molecule has 0 heterocycles. The molecule has 0 saturated carbocycles. The van der Waals surface area contributed by atoms with Crippen LogP contribution in [0.25, 0.3) is 5.32 Å². The van der Waals surface area contributed by atoms with Crippen molar-refractivity contribution in [3.63, 3.8) is 0 Å². The van der Waals surface area contributed by atoms with Crippen LogP contribution in [0.1, 0.15) is 6.92 Å². The van der Waals surface area contributed by atoms with Crippen molar-refractivity contribution in [2.45, 2.75) is 6.92 Å². The van der Waals surface area contributed by atoms with Crippen molar-refractivity contribution in [2.75, 3.05) is 14.1 Å². The van der Waals surface area contributed by atoms with Crippen LogP contribution in [0.5, 0.6) is 0 Å². The zero-order valence-electron chi connectivity index (χ0n) is 7.16. The maximum atomic E-state index is 10.9. The molecule has 0 aliphatic rings. The Kier molecular flexibility index (Phi) is 8.24. The van der Waals surface area contributed by atoms with E-state index >= 15 is 0 Å². The number of hydrogen-bond donors (Lipinski definition) is 0. The first-order valence-electron chi connectivity index (χ1n) is 2.99. The maximum absolute atomic E-state index is 10.9. The van der Waals surface area contributed by atoms with Gasteiger partial charge in [-0.05, 0) is 0 Å². The zero-order chi connectivity index (χ0) is 8.15. The normalized spacial score (nSPS) is 7.55. The third kappa shape index (κ3) is 4.43. The smallest absolute Gasteiger partial charge is 0.00644 e. The first kappa shape index (κ1) is 13.6. The summed E-state index contributed by atoms with van der Waals surface area (Å²) in [4.78, 5) is 12.3. The number of amides is 1. The van der Waals surface area contributed by atoms with Crippen LogP contribution in [0.2, 0.25) is 0 Å². The number of carbonyl (C=O) groups is 1. The van der Waals surface area contributed by atoms with Crippen molar-refractivity contribution in [1.29, 1.82) is 0 Å². The summed E-state index contributed by atoms with van der Waals surface area (Å²) in [5, 5.41) is 3.75. The molecule has 61 valence electrons. The summed E-state index contributed by atoms with van der Waals surface area (Å²) in [6, 6.07) is 0. The second-order valence-corrected chi connectivity index (χ2v) is 1.83. The Morgan fingerprint density at radius 3 is 2.36 bits per heavy atom. The molecule has 0 aromatic rings. The minimum absolute atomic E-state index is 0. The van der Waals surface area contributed by atoms with Gasteiger partial charge in [0.1, 0.15) is 0 Å². The van der Waals surface area contributed by atoms with Gasteiger partial charge in [0.2, 0.25) is 0 Å². The Morgan fingerprint density at radius 1 is 1.64 bits per heavy atom. The summed E-state index contributed by atoms with van der Waals surface area (Å²) < 4.78 is 0. The monoisotopic (exact) mass is 229 g/mol. The van der Waals surface area contributed by atoms with E-state index < -0.39 is 0 Å². The minimum atomic E-state index is -0.0874. The van der Waals surface area contributed by atoms with Gasteiger partial charge in [0, 0.05) is 38.6 Å². The van der Waals surface area contributed by atoms with Gasteiger partial charge in [-0.25, -0.2) is 0 Å². The van der Waals surface area contributed by atoms with Gasteiger partial charge in [0.25, 0.3) is 0 Å². The number of carbonyl (C=O) groups excluding carboxylic acids is 1. The molecule has 0 aromatic carbocycles. The van der Waals surface area contributed by atoms with Crippen LogP contribution in [0, 0.1) is 6.42 Å². The Bertz CT molecular complexity index is 131. The SMILES string of the molecule is C=C([N-]C)N(C)C(=O)[CH-]C.[Y]. The van der Waals surface area contributed by atoms with Crippen LogP contribution in [0.4, 0.5) is 0 Å². The van der Waals surface area contributed by atoms with Gasteiger partial charge in [-0.3, -0.25) is 0 Å². The molecular formula is C7H12N2OY-2. The predicted octanol–water partition coefficient (Wildman–Crippen LogP) is 1.14. The Balaban J connectivity index is 0. The summed E-state index contributed by atoms with van der Waals surface area (Å²) in [5.74, 6) is 0.388. The molecular weight excluding hydrogens is 217 g/mol. The fourth-order valence-corrected chi connectivity index (χ4v) is 0.471. The third-order valence-electron chi connectivity index (χ3n) is 1.22. The first-order chi connectivity index (χ1) is 4.63. The van der Waals surface area contributed by atoms with Gasteiger partial charge in [-0.2, -0.15) is 6.92 Å². The quantitative estimate of drug-likeness (QED) is 0.668. The number of hydrogen-bond acceptors (Lipinski definition) is 1. The zero-order valence-corrected chi connectivity index (χ0v) is 10.0. The van der Waals surface area contributed by atoms with Gasteiger partial charge in [-0.15, -0.1) is 6.58 Å². The summed E-state index contributed by atoms with van der Waals surface area (Å²) in [6.45, 7) is 5.24. The molecule has 3 nitrogen and oxygen atoms in total. The van der Waals surface area contributed by atoms with Gasteiger partial charge >= 0.3 is 0 Å². The number of rotatable bonds is 3. The van der Waals surface area contributed by atoms with E-state index in [0.717, 1.165) is 0 Å². The van der Waals surface area contributed by atoms with Crippen molar-refractivity contribution >= 4 is 5.91 Å². The third-order valence-corrected chi connectivity index (χ3v) is 1.22. The molecule has 1 radical (unpaired) electrons. The van der Waals surface area contributed by atoms with Gasteiger partial charge in [0.05, 0.1) is 0 Å². The van der Waals surface area contributed by atoms with Crippen LogP contribution in [-0.2, 0) is 37.5 Å². The largest absolute Gasteiger partial charge is 0.469 e. The molecule has 0 aromatic heterocycles. The average molecular weight is 229 g/mol. The van der Waals surface area contributed by atoms with Crippen LogP contribution in [0.3, 0.4) is 0 Å². The van der Waals surface area contributed by atoms with Gasteiger partial charge < -0.3 is 21.4 Å². The van der Waals surface area contributed by atoms with Crippen molar-refractivity contribution in [1.82, 2.24) is 4.90 Å². The molecule has 4 heteroatoms. The molecule has 0 aliphatic heterocycles. The van der Waals surface area contributed by atoms with E-state index in [1.54, 1.807) is 21.0 Å². The molecule has 0 atom stereocenters. The maximum Gasteiger partial charge on any atom is 0.00644 e. The molecule has 0 fully saturated rings. The summed E-state index contributed by atoms with van der Waals surface area (Å²) in [6.07, 6.45) is 1.47. The van der Waals surface area contributed by atoms with E-state index in [-0.39, 0.29) is 38.6 Å². The molecule has 0 aliphatic carbocycles. The molecule has 0 rings (SSSR count). The molecule has 0 unspecified atom stereocenters. The summed E-state index contributed by atoms with van der Waals surface area (Å²) in [7, 11) is 3.24. The van der Waals surface area contributed by atoms with Crippen LogP contribution < -0.4 is 0 Å². The minimum Gasteiger partial charge on any atom is -0.469 e. The first-order valence-corrected chi connectivity index (χ1v) is 2.99. The Hall–Kier alpha value is -0.0161. The van der Waals surface area contributed by atoms with E-state index in [1.807, 2.05) is 0 Å². The van der Waals surface area contributed by atoms with E-state index in [4.69, 9.17) is 0 Å². The summed E-state index contributed by atoms with van der Waals surface area (Å²) >= 11 is 0. The van der Waals surface area contributed by atoms with E-state index in [9.17, 15) is 4.79 Å². The molecule has 11 heavy (non-hydrogen) atoms. The number of nitrogens with zero attached hydrogens (tertiary/aromatic N) is 2. The molecule has 0 bridgehead atoms. The molecule has 0 saturated heterocycles. The second-order valence-electron chi connectivity index (χ2n) is 1.83. The van der Waals surface area contributed by atoms with Crippen LogP contribution >= 0.6 is 0 Å². The fourth-order valence-electron chi connectivity index (χ4n) is 0.471. The van der Waals surface area contributed by atoms with Crippen molar-refractivity contribution < 1.29 is 37.5 Å². The average Bonchev–Trinajstić information content (AvgIpc) is 2.00. The van der Waals surface area contributed by atoms with E-state index in [2.05, 4.69) is 11.9 Å². The molecule has 1 amide bonds. The molecule has 0 spiro atoms. The van der Waals surface area contributed by atoms with Crippen molar-refractivity contribution in [3.05, 3.63) is 24.1 Å². The second kappa shape index (κ2) is 6.68. The van der Waals surface area contributed by atoms with Crippen LogP contribution in [0.15, 0.2) is 12.4 Å². The molecule has 0 N–H and O–H groups in total. The Labute approximate surface area is 93.1 Å². The van der Waals surface area contributed by atoms with Crippen molar-refractivity contribution in [2.24, 2.45) is 0 Å². The van der Waals surface area contributed by atoms with Crippen molar-refractivity contribution in [3.8, 4) is 0 Å². The topological polar surface area (TPSA) is 34.4 Å². The predicted molar refractivity (Wildman–Crippen MR) is 41.2 cm³/mol. The standard InChI is InChI=1S/C7H12N2O.Y/c1-5-7(10)9(4)6(2)8-3;/h5H,2H2,1,3-4H3;/q-2;. The van der Waals surface area contributed by atoms with Gasteiger partial charge in [-0.1, -0.05) is 19.9 Å². The summed E-state index contributed by atoms with van der Waals surface area (Å²) in [5.41, 5.74) is 0. The van der Waals surface area contributed by atoms with Gasteiger partial charge in [0.15, 0.2) is 0 Å². The Morgan fingerprint density at radius 2 is 2.09 bits per heavy atom.